The minimum absolute atomic E-state index is 0.0141. The van der Waals surface area contributed by atoms with Gasteiger partial charge in [-0.1, -0.05) is 28.7 Å². The third-order valence-corrected chi connectivity index (χ3v) is 8.28. The first-order valence-corrected chi connectivity index (χ1v) is 13.0. The van der Waals surface area contributed by atoms with E-state index in [4.69, 9.17) is 0 Å². The van der Waals surface area contributed by atoms with Gasteiger partial charge in [0.1, 0.15) is 0 Å². The summed E-state index contributed by atoms with van der Waals surface area (Å²) in [5.74, 6) is -0.458. The number of nitro groups is 1. The number of hydrogen-bond acceptors (Lipinski definition) is 8. The van der Waals surface area contributed by atoms with E-state index in [1.54, 1.807) is 6.07 Å². The van der Waals surface area contributed by atoms with Crippen molar-refractivity contribution in [3.05, 3.63) is 80.1 Å². The number of aromatic nitrogens is 1. The molecule has 0 fully saturated rings. The lowest BCUT2D eigenvalue weighted by Crippen LogP contribution is -2.13. The molecule has 0 bridgehead atoms. The number of para-hydroxylation sites is 1. The summed E-state index contributed by atoms with van der Waals surface area (Å²) in [5, 5.41) is 13.5. The van der Waals surface area contributed by atoms with Crippen LogP contribution in [0.25, 0.3) is 16.3 Å². The number of nitrogens with one attached hydrogen (secondary N) is 2. The lowest BCUT2D eigenvalue weighted by Gasteiger charge is -2.07. The van der Waals surface area contributed by atoms with Crippen molar-refractivity contribution in [2.24, 2.45) is 0 Å². The van der Waals surface area contributed by atoms with Gasteiger partial charge in [0.05, 0.1) is 20.0 Å². The number of amides is 1. The highest BCUT2D eigenvalue weighted by atomic mass is 79.9. The highest BCUT2D eigenvalue weighted by Crippen LogP contribution is 2.32. The SMILES string of the molecule is O=C(/C=C/c1ccc([N+](=O)[O-])s1)Nc1ccc(S(=O)(=O)Nc2nc3c(Br)cccc3s2)cc1. The molecule has 0 atom stereocenters. The highest BCUT2D eigenvalue weighted by Gasteiger charge is 2.17. The monoisotopic (exact) mass is 564 g/mol. The van der Waals surface area contributed by atoms with Crippen molar-refractivity contribution >= 4 is 86.6 Å². The normalized spacial score (nSPS) is 11.7. The highest BCUT2D eigenvalue weighted by molar-refractivity contribution is 9.10. The van der Waals surface area contributed by atoms with Gasteiger partial charge in [-0.05, 0) is 64.5 Å². The maximum Gasteiger partial charge on any atom is 0.324 e. The first-order valence-electron chi connectivity index (χ1n) is 9.12. The number of sulfonamides is 1. The zero-order valence-electron chi connectivity index (χ0n) is 16.4. The van der Waals surface area contributed by atoms with E-state index in [-0.39, 0.29) is 15.0 Å². The Hall–Kier alpha value is -3.13. The van der Waals surface area contributed by atoms with E-state index in [0.29, 0.717) is 16.1 Å². The Morgan fingerprint density at radius 1 is 1.09 bits per heavy atom. The predicted molar refractivity (Wildman–Crippen MR) is 133 cm³/mol. The lowest BCUT2D eigenvalue weighted by molar-refractivity contribution is -0.380. The van der Waals surface area contributed by atoms with Crippen LogP contribution < -0.4 is 10.0 Å². The fraction of sp³-hybridized carbons (Fsp3) is 0. The van der Waals surface area contributed by atoms with Gasteiger partial charge in [-0.25, -0.2) is 13.4 Å². The zero-order chi connectivity index (χ0) is 23.6. The van der Waals surface area contributed by atoms with Crippen LogP contribution in [0.15, 0.2) is 70.0 Å². The molecule has 0 aliphatic carbocycles. The largest absolute Gasteiger partial charge is 0.324 e. The molecule has 2 N–H and O–H groups in total. The molecule has 0 spiro atoms. The van der Waals surface area contributed by atoms with Crippen LogP contribution in [0, 0.1) is 10.1 Å². The van der Waals surface area contributed by atoms with Crippen LogP contribution in [-0.4, -0.2) is 24.2 Å². The molecule has 2 aromatic heterocycles. The molecule has 2 aromatic carbocycles. The van der Waals surface area contributed by atoms with Gasteiger partial charge in [0.25, 0.3) is 10.0 Å². The van der Waals surface area contributed by atoms with E-state index in [1.165, 1.54) is 53.8 Å². The third-order valence-electron chi connectivity index (χ3n) is 4.22. The van der Waals surface area contributed by atoms with E-state index in [0.717, 1.165) is 20.5 Å². The van der Waals surface area contributed by atoms with Crippen LogP contribution in [0.4, 0.5) is 15.8 Å². The molecule has 4 aromatic rings. The fourth-order valence-electron chi connectivity index (χ4n) is 2.72. The molecule has 9 nitrogen and oxygen atoms in total. The summed E-state index contributed by atoms with van der Waals surface area (Å²) in [6.45, 7) is 0. The Morgan fingerprint density at radius 2 is 1.85 bits per heavy atom. The maximum absolute atomic E-state index is 12.7. The predicted octanol–water partition coefficient (Wildman–Crippen LogP) is 5.48. The van der Waals surface area contributed by atoms with Gasteiger partial charge < -0.3 is 5.32 Å². The summed E-state index contributed by atoms with van der Waals surface area (Å²) in [7, 11) is -3.87. The second-order valence-corrected chi connectivity index (χ2v) is 11.2. The first kappa shape index (κ1) is 23.0. The van der Waals surface area contributed by atoms with Crippen LogP contribution in [0.3, 0.4) is 0 Å². The van der Waals surface area contributed by atoms with E-state index in [1.807, 2.05) is 18.2 Å². The van der Waals surface area contributed by atoms with Crippen LogP contribution in [0.1, 0.15) is 4.88 Å². The molecule has 0 aliphatic heterocycles. The second kappa shape index (κ2) is 9.39. The molecule has 0 saturated carbocycles. The molecule has 0 radical (unpaired) electrons. The number of hydrogen-bond donors (Lipinski definition) is 2. The number of rotatable bonds is 7. The Labute approximate surface area is 204 Å². The van der Waals surface area contributed by atoms with Crippen molar-refractivity contribution in [3.63, 3.8) is 0 Å². The van der Waals surface area contributed by atoms with Gasteiger partial charge in [0.2, 0.25) is 5.91 Å². The number of thiazole rings is 1. The number of nitrogens with zero attached hydrogens (tertiary/aromatic N) is 2. The minimum atomic E-state index is -3.87. The van der Waals surface area contributed by atoms with Crippen molar-refractivity contribution in [3.8, 4) is 0 Å². The van der Waals surface area contributed by atoms with Crippen molar-refractivity contribution in [1.82, 2.24) is 4.98 Å². The molecule has 2 heterocycles. The second-order valence-electron chi connectivity index (χ2n) is 6.49. The van der Waals surface area contributed by atoms with Crippen molar-refractivity contribution in [1.29, 1.82) is 0 Å². The van der Waals surface area contributed by atoms with Crippen LogP contribution in [0.2, 0.25) is 0 Å². The summed E-state index contributed by atoms with van der Waals surface area (Å²) in [4.78, 5) is 27.2. The quantitative estimate of drug-likeness (QED) is 0.173. The number of benzene rings is 2. The Bertz CT molecular complexity index is 1490. The average molecular weight is 565 g/mol. The topological polar surface area (TPSA) is 131 Å². The maximum atomic E-state index is 12.7. The van der Waals surface area contributed by atoms with Crippen LogP contribution in [-0.2, 0) is 14.8 Å². The van der Waals surface area contributed by atoms with Crippen LogP contribution in [0.5, 0.6) is 0 Å². The number of fused-ring (bicyclic) bond motifs is 1. The summed E-state index contributed by atoms with van der Waals surface area (Å²) >= 11 is 5.56. The molecule has 0 aliphatic rings. The fourth-order valence-corrected chi connectivity index (χ4v) is 6.16. The van der Waals surface area contributed by atoms with E-state index in [9.17, 15) is 23.3 Å². The van der Waals surface area contributed by atoms with Gasteiger partial charge in [0.15, 0.2) is 5.13 Å². The van der Waals surface area contributed by atoms with Gasteiger partial charge in [-0.15, -0.1) is 0 Å². The van der Waals surface area contributed by atoms with Crippen molar-refractivity contribution in [2.75, 3.05) is 10.0 Å². The summed E-state index contributed by atoms with van der Waals surface area (Å²) < 4.78 is 29.5. The molecule has 4 rings (SSSR count). The lowest BCUT2D eigenvalue weighted by atomic mass is 10.3. The Kier molecular flexibility index (Phi) is 6.56. The van der Waals surface area contributed by atoms with E-state index >= 15 is 0 Å². The van der Waals surface area contributed by atoms with Crippen LogP contribution >= 0.6 is 38.6 Å². The standard InChI is InChI=1S/C20H13BrN4O5S3/c21-15-2-1-3-16-19(15)23-20(32-16)24-33(29,30)14-8-4-12(5-9-14)22-17(26)10-6-13-7-11-18(31-13)25(27)28/h1-11H,(H,22,26)(H,23,24)/b10-6+. The Morgan fingerprint density at radius 3 is 2.52 bits per heavy atom. The molecular weight excluding hydrogens is 552 g/mol. The number of carbonyl (C=O) groups is 1. The average Bonchev–Trinajstić information content (AvgIpc) is 3.40. The Balaban J connectivity index is 1.42. The number of thiophene rings is 1. The number of halogens is 1. The molecule has 33 heavy (non-hydrogen) atoms. The van der Waals surface area contributed by atoms with E-state index < -0.39 is 20.9 Å². The third kappa shape index (κ3) is 5.45. The van der Waals surface area contributed by atoms with Gasteiger partial charge in [0, 0.05) is 27.2 Å². The summed E-state index contributed by atoms with van der Waals surface area (Å²) in [5.41, 5.74) is 1.06. The van der Waals surface area contributed by atoms with E-state index in [2.05, 4.69) is 31.0 Å². The van der Waals surface area contributed by atoms with Crippen molar-refractivity contribution in [2.45, 2.75) is 4.90 Å². The molecule has 1 amide bonds. The van der Waals surface area contributed by atoms with Gasteiger partial charge in [-0.2, -0.15) is 0 Å². The first-order chi connectivity index (χ1) is 15.7. The molecule has 0 saturated heterocycles. The summed E-state index contributed by atoms with van der Waals surface area (Å²) in [6, 6.07) is 14.1. The summed E-state index contributed by atoms with van der Waals surface area (Å²) in [6.07, 6.45) is 2.71. The molecule has 13 heteroatoms. The van der Waals surface area contributed by atoms with Gasteiger partial charge in [-0.3, -0.25) is 19.6 Å². The molecule has 0 unspecified atom stereocenters. The number of anilines is 2. The smallest absolute Gasteiger partial charge is 0.323 e. The van der Waals surface area contributed by atoms with Gasteiger partial charge >= 0.3 is 5.00 Å². The molecule has 168 valence electrons. The minimum Gasteiger partial charge on any atom is -0.323 e. The zero-order valence-corrected chi connectivity index (χ0v) is 20.4. The van der Waals surface area contributed by atoms with Crippen molar-refractivity contribution < 1.29 is 18.1 Å². The number of carbonyl (C=O) groups excluding carboxylic acids is 1. The molecular formula is C20H13BrN4O5S3.